The molecule has 1 aromatic carbocycles. The summed E-state index contributed by atoms with van der Waals surface area (Å²) in [6.07, 6.45) is 1.62. The van der Waals surface area contributed by atoms with Crippen LogP contribution < -0.4 is 0 Å². The van der Waals surface area contributed by atoms with Crippen LogP contribution >= 0.6 is 11.6 Å². The molecule has 3 aromatic rings. The van der Waals surface area contributed by atoms with E-state index in [0.717, 1.165) is 16.9 Å². The molecule has 0 fully saturated rings. The van der Waals surface area contributed by atoms with Crippen molar-refractivity contribution in [1.29, 1.82) is 0 Å². The van der Waals surface area contributed by atoms with Gasteiger partial charge in [0.05, 0.1) is 17.6 Å². The van der Waals surface area contributed by atoms with Crippen molar-refractivity contribution in [2.75, 3.05) is 0 Å². The van der Waals surface area contributed by atoms with E-state index in [1.165, 1.54) is 6.07 Å². The third-order valence-corrected chi connectivity index (χ3v) is 3.39. The van der Waals surface area contributed by atoms with Crippen LogP contribution in [-0.4, -0.2) is 30.6 Å². The molecule has 0 spiro atoms. The van der Waals surface area contributed by atoms with Gasteiger partial charge in [-0.1, -0.05) is 23.7 Å². The summed E-state index contributed by atoms with van der Waals surface area (Å²) in [5, 5.41) is 17.6. The molecule has 0 bridgehead atoms. The first-order valence-corrected chi connectivity index (χ1v) is 6.52. The highest BCUT2D eigenvalue weighted by molar-refractivity contribution is 6.29. The number of carbonyl (C=O) groups is 1. The van der Waals surface area contributed by atoms with E-state index in [2.05, 4.69) is 10.2 Å². The van der Waals surface area contributed by atoms with Crippen LogP contribution in [0.3, 0.4) is 0 Å². The van der Waals surface area contributed by atoms with Gasteiger partial charge < -0.3 is 5.11 Å². The van der Waals surface area contributed by atoms with Crippen LogP contribution in [0.2, 0.25) is 5.15 Å². The fourth-order valence-corrected chi connectivity index (χ4v) is 2.29. The molecule has 0 atom stereocenters. The third-order valence-electron chi connectivity index (χ3n) is 3.10. The van der Waals surface area contributed by atoms with Crippen LogP contribution in [0.5, 0.6) is 0 Å². The van der Waals surface area contributed by atoms with Gasteiger partial charge in [-0.25, -0.2) is 9.48 Å². The minimum absolute atomic E-state index is 0.0201. The summed E-state index contributed by atoms with van der Waals surface area (Å²) < 4.78 is 3.15. The zero-order valence-corrected chi connectivity index (χ0v) is 11.8. The maximum absolute atomic E-state index is 10.9. The van der Waals surface area contributed by atoms with Crippen molar-refractivity contribution >= 4 is 17.6 Å². The van der Waals surface area contributed by atoms with Gasteiger partial charge in [-0.2, -0.15) is 10.2 Å². The average molecular weight is 303 g/mol. The Bertz CT molecular complexity index is 805. The van der Waals surface area contributed by atoms with Gasteiger partial charge in [0, 0.05) is 7.05 Å². The van der Waals surface area contributed by atoms with Gasteiger partial charge in [-0.15, -0.1) is 0 Å². The standard InChI is InChI=1S/C14H11ClN4O2/c1-18-12(8-11(17-18)14(20)21)9-2-4-10(5-3-9)19-13(15)6-7-16-19/h2-8H,1H3,(H,20,21). The third kappa shape index (κ3) is 2.41. The largest absolute Gasteiger partial charge is 0.476 e. The van der Waals surface area contributed by atoms with Crippen molar-refractivity contribution in [3.05, 3.63) is 53.4 Å². The number of aromatic carboxylic acids is 1. The fraction of sp³-hybridized carbons (Fsp3) is 0.0714. The Morgan fingerprint density at radius 1 is 1.24 bits per heavy atom. The van der Waals surface area contributed by atoms with Crippen LogP contribution in [0.25, 0.3) is 16.9 Å². The van der Waals surface area contributed by atoms with Crippen LogP contribution in [0.4, 0.5) is 0 Å². The summed E-state index contributed by atoms with van der Waals surface area (Å²) >= 11 is 6.02. The average Bonchev–Trinajstić information content (AvgIpc) is 3.05. The zero-order valence-electron chi connectivity index (χ0n) is 11.1. The molecule has 2 heterocycles. The second-order valence-corrected chi connectivity index (χ2v) is 4.84. The van der Waals surface area contributed by atoms with E-state index in [-0.39, 0.29) is 5.69 Å². The van der Waals surface area contributed by atoms with Gasteiger partial charge in [0.1, 0.15) is 5.15 Å². The van der Waals surface area contributed by atoms with E-state index >= 15 is 0 Å². The van der Waals surface area contributed by atoms with Gasteiger partial charge in [-0.05, 0) is 29.8 Å². The summed E-state index contributed by atoms with van der Waals surface area (Å²) in [5.41, 5.74) is 2.44. The molecular weight excluding hydrogens is 292 g/mol. The fourth-order valence-electron chi connectivity index (χ4n) is 2.09. The van der Waals surface area contributed by atoms with E-state index in [1.54, 1.807) is 28.7 Å². The van der Waals surface area contributed by atoms with Crippen molar-refractivity contribution in [3.8, 4) is 16.9 Å². The van der Waals surface area contributed by atoms with Crippen molar-refractivity contribution in [3.63, 3.8) is 0 Å². The summed E-state index contributed by atoms with van der Waals surface area (Å²) in [6.45, 7) is 0. The quantitative estimate of drug-likeness (QED) is 0.807. The van der Waals surface area contributed by atoms with Crippen LogP contribution in [0.15, 0.2) is 42.6 Å². The number of nitrogens with zero attached hydrogens (tertiary/aromatic N) is 4. The molecule has 0 aliphatic heterocycles. The van der Waals surface area contributed by atoms with E-state index in [9.17, 15) is 4.79 Å². The normalized spacial score (nSPS) is 10.8. The van der Waals surface area contributed by atoms with Crippen LogP contribution in [-0.2, 0) is 7.05 Å². The Morgan fingerprint density at radius 2 is 1.95 bits per heavy atom. The topological polar surface area (TPSA) is 72.9 Å². The second kappa shape index (κ2) is 5.06. The number of aromatic nitrogens is 4. The zero-order chi connectivity index (χ0) is 15.0. The molecule has 1 N–H and O–H groups in total. The number of hydrogen-bond donors (Lipinski definition) is 1. The Morgan fingerprint density at radius 3 is 2.48 bits per heavy atom. The Balaban J connectivity index is 1.98. The molecule has 0 radical (unpaired) electrons. The lowest BCUT2D eigenvalue weighted by molar-refractivity contribution is 0.0689. The second-order valence-electron chi connectivity index (χ2n) is 4.46. The van der Waals surface area contributed by atoms with Gasteiger partial charge in [-0.3, -0.25) is 4.68 Å². The van der Waals surface area contributed by atoms with Crippen molar-refractivity contribution in [2.45, 2.75) is 0 Å². The number of rotatable bonds is 3. The Hall–Kier alpha value is -2.60. The molecule has 0 saturated heterocycles. The molecule has 6 nitrogen and oxygen atoms in total. The molecule has 0 saturated carbocycles. The van der Waals surface area contributed by atoms with E-state index in [4.69, 9.17) is 16.7 Å². The van der Waals surface area contributed by atoms with E-state index in [1.807, 2.05) is 24.3 Å². The van der Waals surface area contributed by atoms with Gasteiger partial charge >= 0.3 is 5.97 Å². The first-order chi connectivity index (χ1) is 10.1. The predicted molar refractivity (Wildman–Crippen MR) is 77.7 cm³/mol. The molecule has 21 heavy (non-hydrogen) atoms. The number of aryl methyl sites for hydroxylation is 1. The lowest BCUT2D eigenvalue weighted by atomic mass is 10.1. The smallest absolute Gasteiger partial charge is 0.356 e. The highest BCUT2D eigenvalue weighted by atomic mass is 35.5. The summed E-state index contributed by atoms with van der Waals surface area (Å²) in [7, 11) is 1.71. The molecular formula is C14H11ClN4O2. The molecule has 3 rings (SSSR count). The highest BCUT2D eigenvalue weighted by Gasteiger charge is 2.12. The van der Waals surface area contributed by atoms with Crippen LogP contribution in [0, 0.1) is 0 Å². The molecule has 0 unspecified atom stereocenters. The lowest BCUT2D eigenvalue weighted by Gasteiger charge is -2.05. The number of halogens is 1. The SMILES string of the molecule is Cn1nc(C(=O)O)cc1-c1ccc(-n2nccc2Cl)cc1. The number of carboxylic acids is 1. The van der Waals surface area contributed by atoms with E-state index < -0.39 is 5.97 Å². The molecule has 0 aliphatic carbocycles. The summed E-state index contributed by atoms with van der Waals surface area (Å²) in [5.74, 6) is -1.04. The van der Waals surface area contributed by atoms with E-state index in [0.29, 0.717) is 5.15 Å². The maximum Gasteiger partial charge on any atom is 0.356 e. The molecule has 7 heteroatoms. The Labute approximate surface area is 125 Å². The molecule has 106 valence electrons. The monoisotopic (exact) mass is 302 g/mol. The summed E-state index contributed by atoms with van der Waals surface area (Å²) in [6, 6.07) is 10.7. The molecule has 0 aliphatic rings. The maximum atomic E-state index is 10.9. The highest BCUT2D eigenvalue weighted by Crippen LogP contribution is 2.22. The number of hydrogen-bond acceptors (Lipinski definition) is 3. The first-order valence-electron chi connectivity index (χ1n) is 6.14. The predicted octanol–water partition coefficient (Wildman–Crippen LogP) is 2.62. The van der Waals surface area contributed by atoms with Crippen LogP contribution in [0.1, 0.15) is 10.5 Å². The van der Waals surface area contributed by atoms with Crippen molar-refractivity contribution < 1.29 is 9.90 Å². The number of carboxylic acid groups (broad SMARTS) is 1. The minimum atomic E-state index is -1.04. The van der Waals surface area contributed by atoms with Gasteiger partial charge in [0.25, 0.3) is 0 Å². The first kappa shape index (κ1) is 13.4. The van der Waals surface area contributed by atoms with Crippen molar-refractivity contribution in [2.24, 2.45) is 7.05 Å². The van der Waals surface area contributed by atoms with Crippen molar-refractivity contribution in [1.82, 2.24) is 19.6 Å². The minimum Gasteiger partial charge on any atom is -0.476 e. The Kier molecular flexibility index (Phi) is 3.23. The molecule has 0 amide bonds. The van der Waals surface area contributed by atoms with Gasteiger partial charge in [0.2, 0.25) is 0 Å². The number of benzene rings is 1. The molecule has 2 aromatic heterocycles. The summed E-state index contributed by atoms with van der Waals surface area (Å²) in [4.78, 5) is 10.9. The van der Waals surface area contributed by atoms with Gasteiger partial charge in [0.15, 0.2) is 5.69 Å². The lowest BCUT2D eigenvalue weighted by Crippen LogP contribution is -1.99.